The number of nitrogens with zero attached hydrogens (tertiary/aromatic N) is 6. The van der Waals surface area contributed by atoms with Crippen LogP contribution in [0.2, 0.25) is 0 Å². The highest BCUT2D eigenvalue weighted by Crippen LogP contribution is 2.21. The predicted molar refractivity (Wildman–Crippen MR) is 81.1 cm³/mol. The number of carbonyl (C=O) groups excluding carboxylic acids is 1. The summed E-state index contributed by atoms with van der Waals surface area (Å²) < 4.78 is 8.10. The smallest absolute Gasteiger partial charge is 0.311 e. The Balaban J connectivity index is 2.04. The maximum atomic E-state index is 11.6. The highest BCUT2D eigenvalue weighted by molar-refractivity contribution is 5.82. The van der Waals surface area contributed by atoms with Gasteiger partial charge in [-0.2, -0.15) is 14.7 Å². The molecule has 8 nitrogen and oxygen atoms in total. The van der Waals surface area contributed by atoms with Crippen LogP contribution in [0.25, 0.3) is 22.5 Å². The van der Waals surface area contributed by atoms with E-state index in [2.05, 4.69) is 20.4 Å². The normalized spacial score (nSPS) is 11.2. The largest absolute Gasteiger partial charge is 0.469 e. The fourth-order valence-corrected chi connectivity index (χ4v) is 2.45. The van der Waals surface area contributed by atoms with Crippen LogP contribution in [-0.4, -0.2) is 42.7 Å². The molecule has 8 heteroatoms. The van der Waals surface area contributed by atoms with Crippen LogP contribution in [0.15, 0.2) is 42.6 Å². The van der Waals surface area contributed by atoms with Crippen molar-refractivity contribution in [3.63, 3.8) is 0 Å². The zero-order valence-corrected chi connectivity index (χ0v) is 12.2. The first-order chi connectivity index (χ1) is 11.3. The van der Waals surface area contributed by atoms with Crippen molar-refractivity contribution < 1.29 is 9.53 Å². The molecule has 0 aliphatic heterocycles. The second-order valence-electron chi connectivity index (χ2n) is 4.92. The maximum Gasteiger partial charge on any atom is 0.311 e. The highest BCUT2D eigenvalue weighted by Gasteiger charge is 2.20. The Morgan fingerprint density at radius 3 is 2.78 bits per heavy atom. The van der Waals surface area contributed by atoms with E-state index in [9.17, 15) is 4.79 Å². The Morgan fingerprint density at radius 1 is 1.17 bits per heavy atom. The van der Waals surface area contributed by atoms with Crippen molar-refractivity contribution in [2.75, 3.05) is 7.11 Å². The Kier molecular flexibility index (Phi) is 3.00. The fourth-order valence-electron chi connectivity index (χ4n) is 2.45. The molecule has 0 amide bonds. The van der Waals surface area contributed by atoms with Gasteiger partial charge in [-0.1, -0.05) is 18.2 Å². The van der Waals surface area contributed by atoms with Gasteiger partial charge >= 0.3 is 5.97 Å². The first-order valence-corrected chi connectivity index (χ1v) is 6.98. The molecule has 0 unspecified atom stereocenters. The maximum absolute atomic E-state index is 11.6. The minimum atomic E-state index is -0.382. The van der Waals surface area contributed by atoms with Crippen molar-refractivity contribution in [2.24, 2.45) is 0 Å². The number of hydrogen-bond acceptors (Lipinski definition) is 6. The average molecular weight is 308 g/mol. The van der Waals surface area contributed by atoms with Crippen molar-refractivity contribution in [1.82, 2.24) is 29.6 Å². The van der Waals surface area contributed by atoms with E-state index in [0.29, 0.717) is 22.5 Å². The van der Waals surface area contributed by atoms with Crippen LogP contribution < -0.4 is 0 Å². The third-order valence-corrected chi connectivity index (χ3v) is 3.52. The highest BCUT2D eigenvalue weighted by atomic mass is 16.5. The molecule has 4 aromatic rings. The van der Waals surface area contributed by atoms with Gasteiger partial charge in [0, 0.05) is 6.07 Å². The number of esters is 1. The Bertz CT molecular complexity index is 1000. The molecule has 3 heterocycles. The number of carbonyl (C=O) groups is 1. The molecule has 0 fully saturated rings. The molecule has 3 aromatic heterocycles. The lowest BCUT2D eigenvalue weighted by Gasteiger charge is -2.03. The molecule has 0 aliphatic carbocycles. The lowest BCUT2D eigenvalue weighted by atomic mass is 10.3. The summed E-state index contributed by atoms with van der Waals surface area (Å²) in [5, 5.41) is 17.1. The van der Waals surface area contributed by atoms with Crippen LogP contribution >= 0.6 is 0 Å². The Hall–Kier alpha value is -3.29. The molecule has 0 saturated carbocycles. The molecule has 0 N–H and O–H groups in total. The van der Waals surface area contributed by atoms with Gasteiger partial charge in [0.2, 0.25) is 0 Å². The van der Waals surface area contributed by atoms with Gasteiger partial charge in [-0.05, 0) is 12.1 Å². The number of methoxy groups -OCH3 is 1. The third-order valence-electron chi connectivity index (χ3n) is 3.52. The fraction of sp³-hybridized carbons (Fsp3) is 0.133. The van der Waals surface area contributed by atoms with Crippen molar-refractivity contribution >= 4 is 22.8 Å². The number of fused-ring (bicyclic) bond motifs is 3. The second-order valence-corrected chi connectivity index (χ2v) is 4.92. The van der Waals surface area contributed by atoms with Crippen LogP contribution in [0.3, 0.4) is 0 Å². The van der Waals surface area contributed by atoms with Crippen LogP contribution in [0.5, 0.6) is 0 Å². The summed E-state index contributed by atoms with van der Waals surface area (Å²) >= 11 is 0. The van der Waals surface area contributed by atoms with Gasteiger partial charge in [-0.25, -0.2) is 4.68 Å². The summed E-state index contributed by atoms with van der Waals surface area (Å²) in [6.07, 6.45) is 1.67. The molecule has 23 heavy (non-hydrogen) atoms. The minimum absolute atomic E-state index is 0.0221. The first-order valence-electron chi connectivity index (χ1n) is 6.98. The molecule has 1 aromatic carbocycles. The van der Waals surface area contributed by atoms with E-state index >= 15 is 0 Å². The van der Waals surface area contributed by atoms with Gasteiger partial charge in [-0.3, -0.25) is 4.79 Å². The molecule has 0 radical (unpaired) electrons. The van der Waals surface area contributed by atoms with Crippen molar-refractivity contribution in [1.29, 1.82) is 0 Å². The third kappa shape index (κ3) is 2.11. The van der Waals surface area contributed by atoms with Gasteiger partial charge in [0.1, 0.15) is 5.69 Å². The molecular formula is C15H12N6O2. The summed E-state index contributed by atoms with van der Waals surface area (Å²) in [6, 6.07) is 11.4. The van der Waals surface area contributed by atoms with E-state index in [1.54, 1.807) is 21.5 Å². The molecular weight excluding hydrogens is 296 g/mol. The summed E-state index contributed by atoms with van der Waals surface area (Å²) in [4.78, 5) is 11.6. The number of ether oxygens (including phenoxy) is 1. The predicted octanol–water partition coefficient (Wildman–Crippen LogP) is 1.18. The van der Waals surface area contributed by atoms with Gasteiger partial charge < -0.3 is 4.74 Å². The molecule has 0 spiro atoms. The van der Waals surface area contributed by atoms with E-state index in [4.69, 9.17) is 4.74 Å². The van der Waals surface area contributed by atoms with Crippen molar-refractivity contribution in [3.8, 4) is 5.69 Å². The van der Waals surface area contributed by atoms with E-state index in [1.165, 1.54) is 7.11 Å². The van der Waals surface area contributed by atoms with E-state index in [0.717, 1.165) is 5.69 Å². The summed E-state index contributed by atoms with van der Waals surface area (Å²) in [6.45, 7) is 0. The zero-order chi connectivity index (χ0) is 15.8. The van der Waals surface area contributed by atoms with Crippen LogP contribution in [0.4, 0.5) is 0 Å². The Morgan fingerprint density at radius 2 is 2.00 bits per heavy atom. The molecule has 0 saturated heterocycles. The van der Waals surface area contributed by atoms with Crippen LogP contribution in [0.1, 0.15) is 5.69 Å². The van der Waals surface area contributed by atoms with Crippen molar-refractivity contribution in [2.45, 2.75) is 6.42 Å². The molecule has 4 rings (SSSR count). The number of benzene rings is 1. The summed E-state index contributed by atoms with van der Waals surface area (Å²) in [5.41, 5.74) is 3.14. The van der Waals surface area contributed by atoms with Gasteiger partial charge in [-0.15, -0.1) is 10.2 Å². The van der Waals surface area contributed by atoms with Gasteiger partial charge in [0.15, 0.2) is 16.8 Å². The number of hydrogen-bond donors (Lipinski definition) is 0. The van der Waals surface area contributed by atoms with Gasteiger partial charge in [0.25, 0.3) is 0 Å². The lowest BCUT2D eigenvalue weighted by molar-refractivity contribution is -0.139. The van der Waals surface area contributed by atoms with Crippen molar-refractivity contribution in [3.05, 3.63) is 48.3 Å². The number of aromatic nitrogens is 6. The number of rotatable bonds is 3. The zero-order valence-electron chi connectivity index (χ0n) is 12.2. The first kappa shape index (κ1) is 13.4. The SMILES string of the molecule is COC(=O)Cc1nn(-c2ccccc2)c2c1nnc1ccnn12. The molecule has 114 valence electrons. The molecule has 0 atom stereocenters. The van der Waals surface area contributed by atoms with E-state index in [-0.39, 0.29) is 12.4 Å². The summed E-state index contributed by atoms with van der Waals surface area (Å²) in [5.74, 6) is -0.382. The van der Waals surface area contributed by atoms with Crippen LogP contribution in [0, 0.1) is 0 Å². The summed E-state index contributed by atoms with van der Waals surface area (Å²) in [7, 11) is 1.34. The topological polar surface area (TPSA) is 87.2 Å². The van der Waals surface area contributed by atoms with E-state index in [1.807, 2.05) is 30.3 Å². The second kappa shape index (κ2) is 5.16. The Labute approximate surface area is 130 Å². The standard InChI is InChI=1S/C15H12N6O2/c1-23-13(22)9-11-14-15(21-12(17-18-14)7-8-16-21)20(19-11)10-5-3-2-4-6-10/h2-8H,9H2,1H3. The van der Waals surface area contributed by atoms with Crippen LogP contribution in [-0.2, 0) is 16.0 Å². The lowest BCUT2D eigenvalue weighted by Crippen LogP contribution is -2.06. The molecule has 0 bridgehead atoms. The average Bonchev–Trinajstić information content (AvgIpc) is 3.19. The monoisotopic (exact) mass is 308 g/mol. The van der Waals surface area contributed by atoms with E-state index < -0.39 is 0 Å². The van der Waals surface area contributed by atoms with Gasteiger partial charge in [0.05, 0.1) is 25.4 Å². The quantitative estimate of drug-likeness (QED) is 0.528. The minimum Gasteiger partial charge on any atom is -0.469 e. The molecule has 0 aliphatic rings. The number of para-hydroxylation sites is 1.